The Morgan fingerprint density at radius 2 is 1.53 bits per heavy atom. The lowest BCUT2D eigenvalue weighted by molar-refractivity contribution is 0.779. The van der Waals surface area contributed by atoms with Crippen molar-refractivity contribution >= 4 is 16.5 Å². The summed E-state index contributed by atoms with van der Waals surface area (Å²) in [6.45, 7) is 18.5. The van der Waals surface area contributed by atoms with Gasteiger partial charge in [0.25, 0.3) is 0 Å². The third kappa shape index (κ3) is 3.44. The van der Waals surface area contributed by atoms with Gasteiger partial charge in [0.2, 0.25) is 0 Å². The molecule has 0 aromatic rings. The van der Waals surface area contributed by atoms with Crippen molar-refractivity contribution < 1.29 is 0 Å². The van der Waals surface area contributed by atoms with Crippen molar-refractivity contribution in [1.82, 2.24) is 4.23 Å². The molecule has 0 aromatic heterocycles. The first-order chi connectivity index (χ1) is 6.84. The zero-order valence-corrected chi connectivity index (χ0v) is 12.5. The second kappa shape index (κ2) is 5.44. The molecule has 84 valence electrons. The molecule has 0 aliphatic heterocycles. The molecule has 0 N–H and O–H groups in total. The monoisotopic (exact) mass is 237 g/mol. The van der Waals surface area contributed by atoms with Gasteiger partial charge in [-0.2, -0.15) is 0 Å². The third-order valence-electron chi connectivity index (χ3n) is 3.07. The van der Waals surface area contributed by atoms with E-state index in [2.05, 4.69) is 67.8 Å². The molecular formula is C12H23NSi2. The van der Waals surface area contributed by atoms with Crippen LogP contribution in [-0.4, -0.2) is 27.7 Å². The van der Waals surface area contributed by atoms with Gasteiger partial charge in [-0.15, -0.1) is 13.2 Å². The number of allylic oxidation sites excluding steroid dienone is 2. The first kappa shape index (κ1) is 14.4. The van der Waals surface area contributed by atoms with E-state index in [1.807, 2.05) is 12.2 Å². The van der Waals surface area contributed by atoms with Crippen LogP contribution in [0.2, 0.25) is 19.6 Å². The largest absolute Gasteiger partial charge is 0.339 e. The molecular weight excluding hydrogens is 214 g/mol. The van der Waals surface area contributed by atoms with Crippen LogP contribution in [0.4, 0.5) is 0 Å². The Kier molecular flexibility index (Phi) is 5.21. The van der Waals surface area contributed by atoms with E-state index in [0.717, 1.165) is 0 Å². The van der Waals surface area contributed by atoms with Crippen molar-refractivity contribution in [2.24, 2.45) is 0 Å². The molecule has 0 aromatic carbocycles. The molecule has 0 saturated heterocycles. The van der Waals surface area contributed by atoms with Gasteiger partial charge in [0.05, 0.1) is 0 Å². The maximum Gasteiger partial charge on any atom is 0.167 e. The van der Waals surface area contributed by atoms with Gasteiger partial charge in [-0.05, 0) is 13.6 Å². The fourth-order valence-corrected chi connectivity index (χ4v) is 8.51. The molecule has 1 nitrogen and oxygen atoms in total. The van der Waals surface area contributed by atoms with Crippen LogP contribution < -0.4 is 0 Å². The predicted molar refractivity (Wildman–Crippen MR) is 76.6 cm³/mol. The van der Waals surface area contributed by atoms with Gasteiger partial charge in [-0.3, -0.25) is 0 Å². The van der Waals surface area contributed by atoms with Crippen LogP contribution in [0.5, 0.6) is 0 Å². The van der Waals surface area contributed by atoms with Crippen LogP contribution in [0.1, 0.15) is 0 Å². The molecule has 0 rings (SSSR count). The number of rotatable bonds is 6. The quantitative estimate of drug-likeness (QED) is 0.505. The Morgan fingerprint density at radius 3 is 1.87 bits per heavy atom. The first-order valence-electron chi connectivity index (χ1n) is 5.15. The SMILES string of the molecule is C=CC=C[Si](C)(C=C)N(C)[Si](C)(C)C=C. The van der Waals surface area contributed by atoms with Crippen molar-refractivity contribution in [2.45, 2.75) is 19.6 Å². The summed E-state index contributed by atoms with van der Waals surface area (Å²) in [5.74, 6) is 0. The average molecular weight is 237 g/mol. The van der Waals surface area contributed by atoms with Crippen LogP contribution in [-0.2, 0) is 0 Å². The van der Waals surface area contributed by atoms with Gasteiger partial charge in [-0.1, -0.05) is 48.9 Å². The van der Waals surface area contributed by atoms with Crippen molar-refractivity contribution in [2.75, 3.05) is 7.05 Å². The zero-order valence-electron chi connectivity index (χ0n) is 10.5. The Labute approximate surface area is 96.7 Å². The predicted octanol–water partition coefficient (Wildman–Crippen LogP) is 3.43. The van der Waals surface area contributed by atoms with Crippen molar-refractivity contribution in [1.29, 1.82) is 0 Å². The smallest absolute Gasteiger partial charge is 0.167 e. The van der Waals surface area contributed by atoms with Crippen LogP contribution in [0, 0.1) is 0 Å². The van der Waals surface area contributed by atoms with Gasteiger partial charge in [0, 0.05) is 0 Å². The molecule has 0 aliphatic carbocycles. The average Bonchev–Trinajstić information content (AvgIpc) is 2.24. The summed E-state index contributed by atoms with van der Waals surface area (Å²) in [7, 11) is -0.963. The summed E-state index contributed by atoms with van der Waals surface area (Å²) in [4.78, 5) is 0. The third-order valence-corrected chi connectivity index (χ3v) is 12.1. The van der Waals surface area contributed by atoms with E-state index >= 15 is 0 Å². The second-order valence-electron chi connectivity index (χ2n) is 4.44. The molecule has 0 saturated carbocycles. The lowest BCUT2D eigenvalue weighted by atomic mass is 10.6. The summed E-state index contributed by atoms with van der Waals surface area (Å²) in [5, 5.41) is 0. The molecule has 3 heteroatoms. The number of hydrogen-bond donors (Lipinski definition) is 0. The standard InChI is InChI=1S/C12H23NSi2/c1-8-11-12-15(7,10-3)13(4)14(5,6)9-2/h8-12H,1-3H2,4-7H3. The number of nitrogens with zero attached hydrogens (tertiary/aromatic N) is 1. The second-order valence-corrected chi connectivity index (χ2v) is 13.1. The van der Waals surface area contributed by atoms with Gasteiger partial charge in [0.1, 0.15) is 8.24 Å². The zero-order chi connectivity index (χ0) is 12.1. The minimum Gasteiger partial charge on any atom is -0.339 e. The molecule has 0 fully saturated rings. The van der Waals surface area contributed by atoms with E-state index in [4.69, 9.17) is 0 Å². The van der Waals surface area contributed by atoms with Crippen molar-refractivity contribution in [3.8, 4) is 0 Å². The molecule has 1 unspecified atom stereocenters. The van der Waals surface area contributed by atoms with Gasteiger partial charge >= 0.3 is 0 Å². The Hall–Kier alpha value is -0.646. The van der Waals surface area contributed by atoms with Crippen molar-refractivity contribution in [3.05, 3.63) is 49.0 Å². The Morgan fingerprint density at radius 1 is 1.00 bits per heavy atom. The van der Waals surface area contributed by atoms with Crippen LogP contribution in [0.25, 0.3) is 0 Å². The molecule has 0 radical (unpaired) electrons. The van der Waals surface area contributed by atoms with E-state index in [-0.39, 0.29) is 0 Å². The fourth-order valence-electron chi connectivity index (χ4n) is 1.34. The maximum atomic E-state index is 3.98. The highest BCUT2D eigenvalue weighted by atomic mass is 28.4. The highest BCUT2D eigenvalue weighted by molar-refractivity contribution is 6.97. The summed E-state index contributed by atoms with van der Waals surface area (Å²) in [5.41, 5.74) is 6.47. The highest BCUT2D eigenvalue weighted by Gasteiger charge is 2.35. The van der Waals surface area contributed by atoms with Gasteiger partial charge < -0.3 is 4.23 Å². The van der Waals surface area contributed by atoms with Crippen LogP contribution in [0.3, 0.4) is 0 Å². The summed E-state index contributed by atoms with van der Waals surface area (Å²) in [6, 6.07) is 0. The van der Waals surface area contributed by atoms with Gasteiger partial charge in [0.15, 0.2) is 8.24 Å². The molecule has 0 bridgehead atoms. The fraction of sp³-hybridized carbons (Fsp3) is 0.333. The van der Waals surface area contributed by atoms with E-state index in [1.165, 1.54) is 0 Å². The van der Waals surface area contributed by atoms with Crippen molar-refractivity contribution in [3.63, 3.8) is 0 Å². The molecule has 0 aliphatic rings. The normalized spacial score (nSPS) is 16.3. The summed E-state index contributed by atoms with van der Waals surface area (Å²) in [6.07, 6.45) is 3.85. The number of hydrogen-bond acceptors (Lipinski definition) is 1. The van der Waals surface area contributed by atoms with E-state index in [0.29, 0.717) is 0 Å². The minimum atomic E-state index is -1.67. The Bertz CT molecular complexity index is 281. The van der Waals surface area contributed by atoms with E-state index in [9.17, 15) is 0 Å². The topological polar surface area (TPSA) is 3.24 Å². The summed E-state index contributed by atoms with van der Waals surface area (Å²) < 4.78 is 2.50. The summed E-state index contributed by atoms with van der Waals surface area (Å²) >= 11 is 0. The molecule has 1 atom stereocenters. The Balaban J connectivity index is 5.11. The molecule has 0 amide bonds. The van der Waals surface area contributed by atoms with Gasteiger partial charge in [-0.25, -0.2) is 0 Å². The molecule has 0 spiro atoms. The van der Waals surface area contributed by atoms with E-state index in [1.54, 1.807) is 0 Å². The first-order valence-corrected chi connectivity index (χ1v) is 10.8. The van der Waals surface area contributed by atoms with E-state index < -0.39 is 16.5 Å². The maximum absolute atomic E-state index is 3.98. The van der Waals surface area contributed by atoms with Crippen LogP contribution >= 0.6 is 0 Å². The minimum absolute atomic E-state index is 1.48. The lowest BCUT2D eigenvalue weighted by Crippen LogP contribution is -2.59. The highest BCUT2D eigenvalue weighted by Crippen LogP contribution is 2.20. The van der Waals surface area contributed by atoms with Crippen LogP contribution in [0.15, 0.2) is 49.0 Å². The lowest BCUT2D eigenvalue weighted by Gasteiger charge is -2.41. The molecule has 15 heavy (non-hydrogen) atoms. The molecule has 0 heterocycles.